The smallest absolute Gasteiger partial charge is 0.0914 e. The summed E-state index contributed by atoms with van der Waals surface area (Å²) in [4.78, 5) is 0. The van der Waals surface area contributed by atoms with Gasteiger partial charge in [0.1, 0.15) is 0 Å². The van der Waals surface area contributed by atoms with Crippen molar-refractivity contribution in [1.29, 1.82) is 0 Å². The first-order valence-corrected chi connectivity index (χ1v) is 5.80. The summed E-state index contributed by atoms with van der Waals surface area (Å²) in [6.07, 6.45) is 1.73. The number of hydrogen-bond donors (Lipinski definition) is 3. The largest absolute Gasteiger partial charge is 0.396 e. The first-order chi connectivity index (χ1) is 7.76. The molecule has 1 fully saturated rings. The van der Waals surface area contributed by atoms with Crippen molar-refractivity contribution in [2.75, 3.05) is 19.7 Å². The fraction of sp³-hybridized carbons (Fsp3) is 0.538. The quantitative estimate of drug-likeness (QED) is 0.674. The molecule has 0 aliphatic heterocycles. The second-order valence-electron chi connectivity index (χ2n) is 4.72. The standard InChI is InChI=1S/C13H19NO2/c15-10-13(6-7-13)9-14-8-12(16)11-4-2-1-3-5-11/h1-5,12,14-16H,6-10H2. The van der Waals surface area contributed by atoms with Gasteiger partial charge in [-0.2, -0.15) is 0 Å². The van der Waals surface area contributed by atoms with Crippen LogP contribution in [0, 0.1) is 5.41 Å². The molecule has 0 radical (unpaired) electrons. The van der Waals surface area contributed by atoms with Gasteiger partial charge < -0.3 is 15.5 Å². The average molecular weight is 221 g/mol. The molecule has 0 saturated heterocycles. The maximum atomic E-state index is 9.89. The fourth-order valence-electron chi connectivity index (χ4n) is 1.83. The SMILES string of the molecule is OCC1(CNCC(O)c2ccccc2)CC1. The Morgan fingerprint density at radius 2 is 1.94 bits per heavy atom. The second kappa shape index (κ2) is 4.95. The van der Waals surface area contributed by atoms with Crippen LogP contribution in [0.2, 0.25) is 0 Å². The van der Waals surface area contributed by atoms with Gasteiger partial charge in [-0.3, -0.25) is 0 Å². The van der Waals surface area contributed by atoms with E-state index in [1.54, 1.807) is 0 Å². The summed E-state index contributed by atoms with van der Waals surface area (Å²) in [6.45, 7) is 1.60. The highest BCUT2D eigenvalue weighted by atomic mass is 16.3. The molecule has 3 heteroatoms. The lowest BCUT2D eigenvalue weighted by molar-refractivity contribution is 0.162. The molecule has 16 heavy (non-hydrogen) atoms. The number of nitrogens with one attached hydrogen (secondary N) is 1. The molecule has 2 rings (SSSR count). The summed E-state index contributed by atoms with van der Waals surface area (Å²) in [5.74, 6) is 0. The van der Waals surface area contributed by atoms with E-state index in [1.807, 2.05) is 30.3 Å². The van der Waals surface area contributed by atoms with Gasteiger partial charge in [0, 0.05) is 25.1 Å². The molecule has 0 spiro atoms. The normalized spacial score (nSPS) is 19.4. The van der Waals surface area contributed by atoms with Gasteiger partial charge in [0.15, 0.2) is 0 Å². The average Bonchev–Trinajstić information content (AvgIpc) is 3.11. The molecule has 1 aliphatic rings. The Bertz CT molecular complexity index is 322. The lowest BCUT2D eigenvalue weighted by atomic mass is 10.1. The molecule has 1 unspecified atom stereocenters. The summed E-state index contributed by atoms with van der Waals surface area (Å²) in [5.41, 5.74) is 1.04. The van der Waals surface area contributed by atoms with Crippen LogP contribution >= 0.6 is 0 Å². The summed E-state index contributed by atoms with van der Waals surface area (Å²) in [6, 6.07) is 9.63. The van der Waals surface area contributed by atoms with Crippen LogP contribution in [0.4, 0.5) is 0 Å². The zero-order valence-corrected chi connectivity index (χ0v) is 9.39. The number of aliphatic hydroxyl groups excluding tert-OH is 2. The molecular weight excluding hydrogens is 202 g/mol. The van der Waals surface area contributed by atoms with Crippen molar-refractivity contribution in [1.82, 2.24) is 5.32 Å². The predicted octanol–water partition coefficient (Wildman–Crippen LogP) is 1.08. The Morgan fingerprint density at radius 3 is 2.50 bits per heavy atom. The van der Waals surface area contributed by atoms with E-state index in [1.165, 1.54) is 0 Å². The van der Waals surface area contributed by atoms with E-state index in [0.717, 1.165) is 24.9 Å². The van der Waals surface area contributed by atoms with Crippen molar-refractivity contribution in [2.24, 2.45) is 5.41 Å². The van der Waals surface area contributed by atoms with Gasteiger partial charge in [-0.1, -0.05) is 30.3 Å². The minimum atomic E-state index is -0.462. The minimum Gasteiger partial charge on any atom is -0.396 e. The zero-order valence-electron chi connectivity index (χ0n) is 9.39. The summed E-state index contributed by atoms with van der Waals surface area (Å²) in [7, 11) is 0. The summed E-state index contributed by atoms with van der Waals surface area (Å²) in [5, 5.41) is 22.2. The Balaban J connectivity index is 1.74. The molecule has 88 valence electrons. The summed E-state index contributed by atoms with van der Waals surface area (Å²) < 4.78 is 0. The maximum Gasteiger partial charge on any atom is 0.0914 e. The Kier molecular flexibility index (Phi) is 3.59. The van der Waals surface area contributed by atoms with Crippen LogP contribution in [0.3, 0.4) is 0 Å². The van der Waals surface area contributed by atoms with E-state index in [-0.39, 0.29) is 12.0 Å². The van der Waals surface area contributed by atoms with Gasteiger partial charge in [-0.15, -0.1) is 0 Å². The minimum absolute atomic E-state index is 0.108. The van der Waals surface area contributed by atoms with Crippen LogP contribution in [0.5, 0.6) is 0 Å². The zero-order chi connectivity index (χ0) is 11.4. The van der Waals surface area contributed by atoms with E-state index in [4.69, 9.17) is 5.11 Å². The van der Waals surface area contributed by atoms with Crippen molar-refractivity contribution in [3.8, 4) is 0 Å². The van der Waals surface area contributed by atoms with E-state index in [9.17, 15) is 5.11 Å². The van der Waals surface area contributed by atoms with E-state index >= 15 is 0 Å². The molecule has 1 aliphatic carbocycles. The number of aliphatic hydroxyl groups is 2. The third-order valence-electron chi connectivity index (χ3n) is 3.31. The number of hydrogen-bond acceptors (Lipinski definition) is 3. The molecule has 1 aromatic rings. The first kappa shape index (κ1) is 11.6. The van der Waals surface area contributed by atoms with Crippen LogP contribution in [-0.4, -0.2) is 29.9 Å². The Morgan fingerprint density at radius 1 is 1.25 bits per heavy atom. The number of rotatable bonds is 6. The van der Waals surface area contributed by atoms with Crippen molar-refractivity contribution in [3.63, 3.8) is 0 Å². The fourth-order valence-corrected chi connectivity index (χ4v) is 1.83. The molecule has 0 amide bonds. The van der Waals surface area contributed by atoms with Gasteiger partial charge in [-0.05, 0) is 18.4 Å². The molecule has 0 aromatic heterocycles. The van der Waals surface area contributed by atoms with Crippen molar-refractivity contribution in [3.05, 3.63) is 35.9 Å². The molecule has 0 bridgehead atoms. The summed E-state index contributed by atoms with van der Waals surface area (Å²) >= 11 is 0. The Hall–Kier alpha value is -0.900. The lowest BCUT2D eigenvalue weighted by Gasteiger charge is -2.16. The van der Waals surface area contributed by atoms with E-state index in [2.05, 4.69) is 5.32 Å². The van der Waals surface area contributed by atoms with Crippen LogP contribution in [0.1, 0.15) is 24.5 Å². The predicted molar refractivity (Wildman–Crippen MR) is 63.0 cm³/mol. The molecule has 0 heterocycles. The highest BCUT2D eigenvalue weighted by Gasteiger charge is 2.41. The van der Waals surface area contributed by atoms with Gasteiger partial charge in [0.05, 0.1) is 6.10 Å². The maximum absolute atomic E-state index is 9.89. The van der Waals surface area contributed by atoms with Crippen LogP contribution < -0.4 is 5.32 Å². The third kappa shape index (κ3) is 2.82. The molecule has 3 N–H and O–H groups in total. The molecular formula is C13H19NO2. The molecule has 3 nitrogen and oxygen atoms in total. The van der Waals surface area contributed by atoms with E-state index in [0.29, 0.717) is 6.54 Å². The lowest BCUT2D eigenvalue weighted by Crippen LogP contribution is -2.30. The van der Waals surface area contributed by atoms with Gasteiger partial charge in [0.2, 0.25) is 0 Å². The Labute approximate surface area is 96.1 Å². The van der Waals surface area contributed by atoms with Crippen LogP contribution in [0.25, 0.3) is 0 Å². The van der Waals surface area contributed by atoms with Crippen molar-refractivity contribution < 1.29 is 10.2 Å². The molecule has 1 saturated carbocycles. The highest BCUT2D eigenvalue weighted by Crippen LogP contribution is 2.44. The monoisotopic (exact) mass is 221 g/mol. The molecule has 1 atom stereocenters. The second-order valence-corrected chi connectivity index (χ2v) is 4.72. The van der Waals surface area contributed by atoms with Gasteiger partial charge in [-0.25, -0.2) is 0 Å². The van der Waals surface area contributed by atoms with Gasteiger partial charge >= 0.3 is 0 Å². The van der Waals surface area contributed by atoms with Crippen LogP contribution in [-0.2, 0) is 0 Å². The number of benzene rings is 1. The van der Waals surface area contributed by atoms with Crippen molar-refractivity contribution >= 4 is 0 Å². The molecule has 1 aromatic carbocycles. The van der Waals surface area contributed by atoms with Crippen molar-refractivity contribution in [2.45, 2.75) is 18.9 Å². The first-order valence-electron chi connectivity index (χ1n) is 5.80. The van der Waals surface area contributed by atoms with Crippen LogP contribution in [0.15, 0.2) is 30.3 Å². The topological polar surface area (TPSA) is 52.5 Å². The van der Waals surface area contributed by atoms with E-state index < -0.39 is 6.10 Å². The van der Waals surface area contributed by atoms with Gasteiger partial charge in [0.25, 0.3) is 0 Å². The highest BCUT2D eigenvalue weighted by molar-refractivity contribution is 5.17. The third-order valence-corrected chi connectivity index (χ3v) is 3.31.